The van der Waals surface area contributed by atoms with Crippen LogP contribution in [-0.4, -0.2) is 89.0 Å². The highest BCUT2D eigenvalue weighted by Gasteiger charge is 2.37. The van der Waals surface area contributed by atoms with Gasteiger partial charge in [0.25, 0.3) is 0 Å². The number of benzene rings is 2. The van der Waals surface area contributed by atoms with Crippen molar-refractivity contribution in [3.63, 3.8) is 0 Å². The number of halogens is 1. The van der Waals surface area contributed by atoms with Crippen LogP contribution >= 0.6 is 0 Å². The van der Waals surface area contributed by atoms with Crippen LogP contribution in [0.15, 0.2) is 48.5 Å². The molecule has 1 amide bonds. The number of Topliss-reactive ketones (excluding diaryl/α,β-unsaturated/α-hetero) is 1. The number of anilines is 1. The lowest BCUT2D eigenvalue weighted by Gasteiger charge is -2.31. The maximum absolute atomic E-state index is 14.0. The Morgan fingerprint density at radius 3 is 2.45 bits per heavy atom. The number of rotatable bonds is 12. The third kappa shape index (κ3) is 8.52. The number of nitrogens with one attached hydrogen (secondary N) is 1. The first kappa shape index (κ1) is 31.9. The molecule has 0 radical (unpaired) electrons. The standard InChI is InChI=1S/C31H42FN3O6S/c1-22(2)26(17-35-21-31(3,4)25-16-24(32)10-11-27(25)35)33-30(37)41-29(28(36)18-34-12-14-40-15-13-34)20-42(38,39)19-23-8-6-5-7-9-23/h5-11,16,22,26,29H,12-15,17-21H2,1-4H3,(H,33,37)/t26-,29+/m1/s1. The van der Waals surface area contributed by atoms with Crippen molar-refractivity contribution >= 4 is 27.4 Å². The molecule has 0 bridgehead atoms. The van der Waals surface area contributed by atoms with Crippen LogP contribution in [0.3, 0.4) is 0 Å². The van der Waals surface area contributed by atoms with Gasteiger partial charge >= 0.3 is 6.09 Å². The number of hydrogen-bond donors (Lipinski definition) is 1. The molecule has 2 aromatic rings. The molecule has 2 aromatic carbocycles. The monoisotopic (exact) mass is 603 g/mol. The van der Waals surface area contributed by atoms with Crippen molar-refractivity contribution in [1.82, 2.24) is 10.2 Å². The number of morpholine rings is 1. The molecule has 2 aliphatic heterocycles. The number of nitrogens with zero attached hydrogens (tertiary/aromatic N) is 2. The van der Waals surface area contributed by atoms with Gasteiger partial charge in [-0.05, 0) is 35.2 Å². The number of carbonyl (C=O) groups is 2. The molecule has 0 spiro atoms. The SMILES string of the molecule is CC(C)[C@@H](CN1CC(C)(C)c2cc(F)ccc21)NC(=O)O[C@@H](CS(=O)(=O)Cc1ccccc1)C(=O)CN1CCOCC1. The Morgan fingerprint density at radius 2 is 1.79 bits per heavy atom. The van der Waals surface area contributed by atoms with Gasteiger partial charge in [-0.15, -0.1) is 0 Å². The normalized spacial score (nSPS) is 18.4. The molecule has 2 heterocycles. The van der Waals surface area contributed by atoms with Crippen LogP contribution in [0.2, 0.25) is 0 Å². The van der Waals surface area contributed by atoms with E-state index in [0.29, 0.717) is 45.0 Å². The average molecular weight is 604 g/mol. The summed E-state index contributed by atoms with van der Waals surface area (Å²) in [6, 6.07) is 13.1. The Morgan fingerprint density at radius 1 is 1.10 bits per heavy atom. The zero-order chi connectivity index (χ0) is 30.5. The van der Waals surface area contributed by atoms with Crippen molar-refractivity contribution in [3.05, 3.63) is 65.5 Å². The van der Waals surface area contributed by atoms with Crippen molar-refractivity contribution < 1.29 is 31.9 Å². The largest absolute Gasteiger partial charge is 0.437 e. The lowest BCUT2D eigenvalue weighted by Crippen LogP contribution is -2.50. The topological polar surface area (TPSA) is 105 Å². The summed E-state index contributed by atoms with van der Waals surface area (Å²) in [5, 5.41) is 2.88. The van der Waals surface area contributed by atoms with Gasteiger partial charge in [-0.2, -0.15) is 0 Å². The van der Waals surface area contributed by atoms with Crippen LogP contribution in [0.25, 0.3) is 0 Å². The Balaban J connectivity index is 1.46. The van der Waals surface area contributed by atoms with E-state index in [1.54, 1.807) is 42.5 Å². The quantitative estimate of drug-likeness (QED) is 0.393. The molecule has 2 atom stereocenters. The van der Waals surface area contributed by atoms with Gasteiger partial charge in [-0.3, -0.25) is 9.69 Å². The molecular formula is C31H42FN3O6S. The smallest absolute Gasteiger partial charge is 0.408 e. The summed E-state index contributed by atoms with van der Waals surface area (Å²) in [6.45, 7) is 11.1. The summed E-state index contributed by atoms with van der Waals surface area (Å²) in [5.41, 5.74) is 2.14. The molecule has 0 aromatic heterocycles. The number of ether oxygens (including phenoxy) is 2. The van der Waals surface area contributed by atoms with Gasteiger partial charge in [0.2, 0.25) is 0 Å². The zero-order valence-corrected chi connectivity index (χ0v) is 25.7. The second-order valence-electron chi connectivity index (χ2n) is 12.2. The molecule has 4 rings (SSSR count). The van der Waals surface area contributed by atoms with E-state index in [9.17, 15) is 22.4 Å². The first-order valence-electron chi connectivity index (χ1n) is 14.4. The van der Waals surface area contributed by atoms with E-state index in [1.165, 1.54) is 6.07 Å². The lowest BCUT2D eigenvalue weighted by atomic mass is 9.87. The van der Waals surface area contributed by atoms with Crippen molar-refractivity contribution in [1.29, 1.82) is 0 Å². The molecule has 1 saturated heterocycles. The molecule has 2 aliphatic rings. The van der Waals surface area contributed by atoms with Crippen molar-refractivity contribution in [3.8, 4) is 0 Å². The predicted octanol–water partition coefficient (Wildman–Crippen LogP) is 3.56. The highest BCUT2D eigenvalue weighted by molar-refractivity contribution is 7.90. The molecule has 1 N–H and O–H groups in total. The summed E-state index contributed by atoms with van der Waals surface area (Å²) in [4.78, 5) is 30.5. The van der Waals surface area contributed by atoms with Gasteiger partial charge in [-0.25, -0.2) is 17.6 Å². The van der Waals surface area contributed by atoms with E-state index in [1.807, 2.05) is 18.7 Å². The highest BCUT2D eigenvalue weighted by atomic mass is 32.2. The van der Waals surface area contributed by atoms with Crippen LogP contribution in [0.5, 0.6) is 0 Å². The number of carbonyl (C=O) groups excluding carboxylic acids is 2. The first-order valence-corrected chi connectivity index (χ1v) is 16.2. The minimum Gasteiger partial charge on any atom is -0.437 e. The Labute approximate surface area is 248 Å². The highest BCUT2D eigenvalue weighted by Crippen LogP contribution is 2.40. The number of ketones is 1. The maximum atomic E-state index is 14.0. The fourth-order valence-corrected chi connectivity index (χ4v) is 7.04. The minimum absolute atomic E-state index is 0.00512. The Bertz CT molecular complexity index is 1350. The summed E-state index contributed by atoms with van der Waals surface area (Å²) in [7, 11) is -3.79. The van der Waals surface area contributed by atoms with Gasteiger partial charge in [-0.1, -0.05) is 58.0 Å². The fourth-order valence-electron chi connectivity index (χ4n) is 5.50. The second kappa shape index (κ2) is 13.5. The molecule has 0 saturated carbocycles. The average Bonchev–Trinajstić information content (AvgIpc) is 3.17. The molecule has 0 unspecified atom stereocenters. The molecular weight excluding hydrogens is 561 g/mol. The second-order valence-corrected chi connectivity index (χ2v) is 14.3. The third-order valence-electron chi connectivity index (χ3n) is 7.87. The van der Waals surface area contributed by atoms with E-state index in [2.05, 4.69) is 24.1 Å². The van der Waals surface area contributed by atoms with E-state index < -0.39 is 33.6 Å². The van der Waals surface area contributed by atoms with Crippen LogP contribution in [0.4, 0.5) is 14.9 Å². The third-order valence-corrected chi connectivity index (χ3v) is 9.45. The van der Waals surface area contributed by atoms with Gasteiger partial charge in [0.15, 0.2) is 21.7 Å². The van der Waals surface area contributed by atoms with Gasteiger partial charge in [0.05, 0.1) is 37.3 Å². The molecule has 9 nitrogen and oxygen atoms in total. The Kier molecular flexibility index (Phi) is 10.3. The van der Waals surface area contributed by atoms with Crippen molar-refractivity contribution in [2.45, 2.75) is 51.0 Å². The molecule has 230 valence electrons. The lowest BCUT2D eigenvalue weighted by molar-refractivity contribution is -0.128. The van der Waals surface area contributed by atoms with E-state index in [-0.39, 0.29) is 35.5 Å². The summed E-state index contributed by atoms with van der Waals surface area (Å²) >= 11 is 0. The Hall–Kier alpha value is -3.02. The summed E-state index contributed by atoms with van der Waals surface area (Å²) < 4.78 is 51.2. The molecule has 11 heteroatoms. The summed E-state index contributed by atoms with van der Waals surface area (Å²) in [6.07, 6.45) is -2.30. The number of amides is 1. The van der Waals surface area contributed by atoms with Crippen LogP contribution in [0, 0.1) is 11.7 Å². The predicted molar refractivity (Wildman–Crippen MR) is 160 cm³/mol. The van der Waals surface area contributed by atoms with Crippen LogP contribution in [-0.2, 0) is 35.3 Å². The minimum atomic E-state index is -3.79. The summed E-state index contributed by atoms with van der Waals surface area (Å²) in [5.74, 6) is -1.64. The van der Waals surface area contributed by atoms with Gasteiger partial charge in [0, 0.05) is 37.3 Å². The number of sulfone groups is 1. The van der Waals surface area contributed by atoms with Gasteiger partial charge < -0.3 is 19.7 Å². The number of hydrogen-bond acceptors (Lipinski definition) is 8. The van der Waals surface area contributed by atoms with Crippen molar-refractivity contribution in [2.24, 2.45) is 5.92 Å². The molecule has 0 aliphatic carbocycles. The molecule has 42 heavy (non-hydrogen) atoms. The van der Waals surface area contributed by atoms with Crippen molar-refractivity contribution in [2.75, 3.05) is 56.6 Å². The maximum Gasteiger partial charge on any atom is 0.408 e. The van der Waals surface area contributed by atoms with Crippen LogP contribution < -0.4 is 10.2 Å². The number of fused-ring (bicyclic) bond motifs is 1. The van der Waals surface area contributed by atoms with E-state index in [0.717, 1.165) is 11.3 Å². The van der Waals surface area contributed by atoms with Crippen LogP contribution in [0.1, 0.15) is 38.8 Å². The van der Waals surface area contributed by atoms with Gasteiger partial charge in [0.1, 0.15) is 5.82 Å². The zero-order valence-electron chi connectivity index (χ0n) is 24.8. The fraction of sp³-hybridized carbons (Fsp3) is 0.548. The first-order chi connectivity index (χ1) is 19.8. The van der Waals surface area contributed by atoms with E-state index in [4.69, 9.17) is 9.47 Å². The van der Waals surface area contributed by atoms with E-state index >= 15 is 0 Å². The number of alkyl carbamates (subject to hydrolysis) is 1. The molecule has 1 fully saturated rings.